The van der Waals surface area contributed by atoms with Crippen molar-refractivity contribution in [2.75, 3.05) is 0 Å². The third kappa shape index (κ3) is 12.1. The van der Waals surface area contributed by atoms with Gasteiger partial charge in [0.25, 0.3) is 0 Å². The van der Waals surface area contributed by atoms with Crippen LogP contribution in [-0.2, 0) is 0 Å². The van der Waals surface area contributed by atoms with Crippen molar-refractivity contribution in [3.05, 3.63) is 35.9 Å². The fraction of sp³-hybridized carbons (Fsp3) is 0.500. The lowest BCUT2D eigenvalue weighted by atomic mass is 10.4. The SMILES string of the molecule is CC.CC.Cc1ccnnn1.Cc1cnnnc1. The van der Waals surface area contributed by atoms with E-state index in [1.54, 1.807) is 24.7 Å². The van der Waals surface area contributed by atoms with E-state index in [1.165, 1.54) is 0 Å². The van der Waals surface area contributed by atoms with Gasteiger partial charge in [-0.3, -0.25) is 0 Å². The highest BCUT2D eigenvalue weighted by atomic mass is 15.3. The highest BCUT2D eigenvalue weighted by molar-refractivity contribution is 4.94. The lowest BCUT2D eigenvalue weighted by Gasteiger charge is -1.79. The number of aromatic nitrogens is 6. The number of nitrogens with zero attached hydrogens (tertiary/aromatic N) is 6. The second-order valence-corrected chi connectivity index (χ2v) is 2.58. The molecule has 2 aromatic rings. The van der Waals surface area contributed by atoms with Crippen LogP contribution in [0.2, 0.25) is 0 Å². The molecule has 0 aliphatic rings. The lowest BCUT2D eigenvalue weighted by molar-refractivity contribution is 0.839. The predicted molar refractivity (Wildman–Crippen MR) is 71.8 cm³/mol. The average molecular weight is 250 g/mol. The van der Waals surface area contributed by atoms with Gasteiger partial charge in [0.2, 0.25) is 0 Å². The molecule has 0 saturated carbocycles. The molecule has 0 fully saturated rings. The van der Waals surface area contributed by atoms with Gasteiger partial charge in [0, 0.05) is 0 Å². The molecule has 2 heterocycles. The summed E-state index contributed by atoms with van der Waals surface area (Å²) in [5, 5.41) is 20.9. The lowest BCUT2D eigenvalue weighted by Crippen LogP contribution is -1.85. The first-order valence-electron chi connectivity index (χ1n) is 6.00. The van der Waals surface area contributed by atoms with Crippen LogP contribution in [0.1, 0.15) is 39.0 Å². The van der Waals surface area contributed by atoms with E-state index >= 15 is 0 Å². The van der Waals surface area contributed by atoms with Gasteiger partial charge in [0.15, 0.2) is 0 Å². The van der Waals surface area contributed by atoms with Crippen LogP contribution in [0, 0.1) is 13.8 Å². The summed E-state index contributed by atoms with van der Waals surface area (Å²) in [6.07, 6.45) is 4.93. The Balaban J connectivity index is 0. The summed E-state index contributed by atoms with van der Waals surface area (Å²) >= 11 is 0. The third-order valence-electron chi connectivity index (χ3n) is 1.26. The minimum absolute atomic E-state index is 0.898. The van der Waals surface area contributed by atoms with Crippen molar-refractivity contribution in [1.82, 2.24) is 30.8 Å². The third-order valence-corrected chi connectivity index (χ3v) is 1.26. The maximum atomic E-state index is 3.62. The Labute approximate surface area is 109 Å². The monoisotopic (exact) mass is 250 g/mol. The molecular formula is C12H22N6. The zero-order valence-corrected chi connectivity index (χ0v) is 12.0. The second-order valence-electron chi connectivity index (χ2n) is 2.58. The van der Waals surface area contributed by atoms with Gasteiger partial charge >= 0.3 is 0 Å². The topological polar surface area (TPSA) is 77.3 Å². The molecule has 0 atom stereocenters. The molecule has 0 unspecified atom stereocenters. The summed E-state index contributed by atoms with van der Waals surface area (Å²) in [6, 6.07) is 1.80. The van der Waals surface area contributed by atoms with Crippen LogP contribution in [-0.4, -0.2) is 30.8 Å². The van der Waals surface area contributed by atoms with E-state index in [4.69, 9.17) is 0 Å². The number of rotatable bonds is 0. The standard InChI is InChI=1S/2C4H5N3.2C2H6/c1-4-2-5-7-6-3-4;1-4-2-3-5-7-6-4;2*1-2/h2*2-3H,1H3;2*1-2H3. The Hall–Kier alpha value is -1.98. The van der Waals surface area contributed by atoms with Gasteiger partial charge in [-0.05, 0) is 35.9 Å². The molecule has 0 aliphatic heterocycles. The Morgan fingerprint density at radius 2 is 1.33 bits per heavy atom. The smallest absolute Gasteiger partial charge is 0.0633 e. The number of hydrogen-bond acceptors (Lipinski definition) is 6. The molecule has 0 saturated heterocycles. The van der Waals surface area contributed by atoms with Gasteiger partial charge in [-0.25, -0.2) is 0 Å². The van der Waals surface area contributed by atoms with Gasteiger partial charge in [-0.1, -0.05) is 27.7 Å². The summed E-state index contributed by atoms with van der Waals surface area (Å²) in [7, 11) is 0. The molecule has 0 aliphatic carbocycles. The van der Waals surface area contributed by atoms with Crippen LogP contribution in [0.4, 0.5) is 0 Å². The Morgan fingerprint density at radius 1 is 0.778 bits per heavy atom. The van der Waals surface area contributed by atoms with Gasteiger partial charge in [-0.2, -0.15) is 0 Å². The van der Waals surface area contributed by atoms with Crippen molar-refractivity contribution < 1.29 is 0 Å². The molecule has 0 N–H and O–H groups in total. The Morgan fingerprint density at radius 3 is 1.56 bits per heavy atom. The molecule has 100 valence electrons. The zero-order valence-electron chi connectivity index (χ0n) is 12.0. The first kappa shape index (κ1) is 18.4. The predicted octanol–water partition coefficient (Wildman–Crippen LogP) is 2.41. The summed E-state index contributed by atoms with van der Waals surface area (Å²) in [6.45, 7) is 11.8. The van der Waals surface area contributed by atoms with Gasteiger partial charge < -0.3 is 0 Å². The van der Waals surface area contributed by atoms with Gasteiger partial charge in [-0.15, -0.1) is 20.4 Å². The fourth-order valence-electron chi connectivity index (χ4n) is 0.598. The van der Waals surface area contributed by atoms with Crippen LogP contribution in [0.15, 0.2) is 24.7 Å². The molecule has 0 bridgehead atoms. The summed E-state index contributed by atoms with van der Waals surface area (Å²) in [5.74, 6) is 0. The Bertz CT molecular complexity index is 314. The van der Waals surface area contributed by atoms with E-state index in [2.05, 4.69) is 30.8 Å². The molecular weight excluding hydrogens is 228 g/mol. The van der Waals surface area contributed by atoms with E-state index in [1.807, 2.05) is 41.5 Å². The zero-order chi connectivity index (χ0) is 14.2. The van der Waals surface area contributed by atoms with Crippen molar-refractivity contribution in [1.29, 1.82) is 0 Å². The first-order chi connectivity index (χ1) is 8.79. The largest absolute Gasteiger partial charge is 0.139 e. The van der Waals surface area contributed by atoms with Crippen LogP contribution in [0.3, 0.4) is 0 Å². The molecule has 0 spiro atoms. The molecule has 6 heteroatoms. The van der Waals surface area contributed by atoms with Crippen molar-refractivity contribution >= 4 is 0 Å². The van der Waals surface area contributed by atoms with E-state index in [0.29, 0.717) is 0 Å². The second kappa shape index (κ2) is 15.0. The maximum absolute atomic E-state index is 3.62. The van der Waals surface area contributed by atoms with Gasteiger partial charge in [0.1, 0.15) is 0 Å². The summed E-state index contributed by atoms with van der Waals surface area (Å²) in [5.41, 5.74) is 1.94. The fourth-order valence-corrected chi connectivity index (χ4v) is 0.598. The molecule has 18 heavy (non-hydrogen) atoms. The van der Waals surface area contributed by atoms with E-state index < -0.39 is 0 Å². The van der Waals surface area contributed by atoms with Crippen LogP contribution >= 0.6 is 0 Å². The summed E-state index contributed by atoms with van der Waals surface area (Å²) < 4.78 is 0. The van der Waals surface area contributed by atoms with E-state index in [0.717, 1.165) is 11.3 Å². The first-order valence-corrected chi connectivity index (χ1v) is 6.00. The normalized spacial score (nSPS) is 7.44. The van der Waals surface area contributed by atoms with Crippen LogP contribution in [0.5, 0.6) is 0 Å². The minimum atomic E-state index is 0.898. The number of hydrogen-bond donors (Lipinski definition) is 0. The molecule has 6 nitrogen and oxygen atoms in total. The molecule has 0 aromatic carbocycles. The molecule has 0 radical (unpaired) electrons. The maximum Gasteiger partial charge on any atom is 0.0633 e. The van der Waals surface area contributed by atoms with Crippen molar-refractivity contribution in [3.63, 3.8) is 0 Å². The van der Waals surface area contributed by atoms with E-state index in [9.17, 15) is 0 Å². The minimum Gasteiger partial charge on any atom is -0.139 e. The van der Waals surface area contributed by atoms with Crippen molar-refractivity contribution in [3.8, 4) is 0 Å². The van der Waals surface area contributed by atoms with Gasteiger partial charge in [0.05, 0.1) is 24.3 Å². The van der Waals surface area contributed by atoms with Crippen LogP contribution < -0.4 is 0 Å². The highest BCUT2D eigenvalue weighted by Crippen LogP contribution is 1.82. The molecule has 2 aromatic heterocycles. The van der Waals surface area contributed by atoms with Crippen molar-refractivity contribution in [2.24, 2.45) is 0 Å². The average Bonchev–Trinajstić information content (AvgIpc) is 2.46. The van der Waals surface area contributed by atoms with Crippen LogP contribution in [0.25, 0.3) is 0 Å². The number of aryl methyl sites for hydroxylation is 2. The highest BCUT2D eigenvalue weighted by Gasteiger charge is 1.76. The summed E-state index contributed by atoms with van der Waals surface area (Å²) in [4.78, 5) is 0. The Kier molecular flexibility index (Phi) is 15.3. The van der Waals surface area contributed by atoms with Crippen molar-refractivity contribution in [2.45, 2.75) is 41.5 Å². The molecule has 0 amide bonds. The molecule has 2 rings (SSSR count). The van der Waals surface area contributed by atoms with E-state index in [-0.39, 0.29) is 0 Å². The quantitative estimate of drug-likeness (QED) is 0.714.